The van der Waals surface area contributed by atoms with Crippen molar-refractivity contribution in [3.63, 3.8) is 0 Å². The average Bonchev–Trinajstić information content (AvgIpc) is 2.35. The molecule has 0 radical (unpaired) electrons. The summed E-state index contributed by atoms with van der Waals surface area (Å²) in [7, 11) is -3.09. The number of rotatable bonds is 2. The number of nitrogens with two attached hydrogens (primary N) is 1. The van der Waals surface area contributed by atoms with Crippen LogP contribution in [-0.2, 0) is 29.5 Å². The second-order valence-corrected chi connectivity index (χ2v) is 7.38. The van der Waals surface area contributed by atoms with Crippen molar-refractivity contribution in [1.82, 2.24) is 4.72 Å². The van der Waals surface area contributed by atoms with E-state index in [2.05, 4.69) is 42.8 Å². The van der Waals surface area contributed by atoms with E-state index in [4.69, 9.17) is 5.73 Å². The molecule has 4 nitrogen and oxygen atoms in total. The topological polar surface area (TPSA) is 72.2 Å². The largest absolute Gasteiger partial charge is 0.326 e. The molecular formula is C15H26N2O2RuS. The van der Waals surface area contributed by atoms with Crippen LogP contribution in [0.1, 0.15) is 36.8 Å². The zero-order chi connectivity index (χ0) is 15.2. The van der Waals surface area contributed by atoms with Crippen molar-refractivity contribution in [3.8, 4) is 0 Å². The number of hydrogen-bond acceptors (Lipinski definition) is 3. The summed E-state index contributed by atoms with van der Waals surface area (Å²) in [6.07, 6.45) is 5.15. The van der Waals surface area contributed by atoms with E-state index in [0.29, 0.717) is 0 Å². The van der Waals surface area contributed by atoms with E-state index < -0.39 is 10.0 Å². The third-order valence-corrected chi connectivity index (χ3v) is 4.13. The number of hydrogen-bond donors (Lipinski definition) is 2. The van der Waals surface area contributed by atoms with E-state index >= 15 is 0 Å². The van der Waals surface area contributed by atoms with Gasteiger partial charge < -0.3 is 5.73 Å². The molecule has 0 spiro atoms. The molecule has 1 aromatic rings. The van der Waals surface area contributed by atoms with Crippen LogP contribution in [-0.4, -0.2) is 26.8 Å². The van der Waals surface area contributed by atoms with Gasteiger partial charge in [0.25, 0.3) is 0 Å². The summed E-state index contributed by atoms with van der Waals surface area (Å²) < 4.78 is 24.3. The fourth-order valence-corrected chi connectivity index (χ4v) is 3.06. The second-order valence-electron chi connectivity index (χ2n) is 5.60. The molecule has 1 aliphatic rings. The number of sulfonamides is 1. The first-order valence-corrected chi connectivity index (χ1v) is 8.93. The molecule has 1 aliphatic carbocycles. The predicted molar refractivity (Wildman–Crippen MR) is 84.1 cm³/mol. The molecule has 0 bridgehead atoms. The van der Waals surface area contributed by atoms with Gasteiger partial charge in [-0.1, -0.05) is 48.2 Å². The van der Waals surface area contributed by atoms with Crippen molar-refractivity contribution >= 4 is 10.0 Å². The van der Waals surface area contributed by atoms with E-state index in [1.807, 2.05) is 0 Å². The predicted octanol–water partition coefficient (Wildman–Crippen LogP) is 2.11. The summed E-state index contributed by atoms with van der Waals surface area (Å²) >= 11 is 0. The standard InChI is InChI=1S/C8H10.C7H16N2O2S.Ru/c1-7-3-5-8(2)6-4-7;1-12(10,11)9-7-5-3-2-4-6(7)8;/h3-6H,1-2H3;6-7,9H,2-5,8H2,1H3;/t;6-,7-;/m.1./s1. The Morgan fingerprint density at radius 1 is 1.05 bits per heavy atom. The van der Waals surface area contributed by atoms with E-state index in [1.165, 1.54) is 17.4 Å². The van der Waals surface area contributed by atoms with E-state index in [9.17, 15) is 8.42 Å². The summed E-state index contributed by atoms with van der Waals surface area (Å²) in [5.74, 6) is 0. The van der Waals surface area contributed by atoms with Crippen molar-refractivity contribution < 1.29 is 27.9 Å². The molecule has 2 rings (SSSR count). The fraction of sp³-hybridized carbons (Fsp3) is 0.600. The van der Waals surface area contributed by atoms with Gasteiger partial charge >= 0.3 is 0 Å². The Bertz CT molecular complexity index is 482. The zero-order valence-electron chi connectivity index (χ0n) is 12.9. The van der Waals surface area contributed by atoms with Gasteiger partial charge in [0.2, 0.25) is 10.0 Å². The van der Waals surface area contributed by atoms with Crippen molar-refractivity contribution in [3.05, 3.63) is 35.4 Å². The minimum atomic E-state index is -3.09. The second kappa shape index (κ2) is 9.67. The molecule has 1 saturated carbocycles. The number of aryl methyl sites for hydroxylation is 2. The van der Waals surface area contributed by atoms with Crippen LogP contribution in [0.4, 0.5) is 0 Å². The molecule has 1 aromatic carbocycles. The molecule has 0 unspecified atom stereocenters. The Labute approximate surface area is 141 Å². The fourth-order valence-electron chi connectivity index (χ4n) is 2.22. The summed E-state index contributed by atoms with van der Waals surface area (Å²) in [6, 6.07) is 8.43. The van der Waals surface area contributed by atoms with Crippen LogP contribution in [0.2, 0.25) is 0 Å². The van der Waals surface area contributed by atoms with Crippen LogP contribution in [0.5, 0.6) is 0 Å². The Morgan fingerprint density at radius 3 is 1.86 bits per heavy atom. The third-order valence-electron chi connectivity index (χ3n) is 3.40. The quantitative estimate of drug-likeness (QED) is 0.748. The average molecular weight is 400 g/mol. The van der Waals surface area contributed by atoms with Crippen molar-refractivity contribution in [2.24, 2.45) is 5.73 Å². The number of nitrogens with one attached hydrogen (secondary N) is 1. The minimum absolute atomic E-state index is 0. The van der Waals surface area contributed by atoms with Crippen LogP contribution < -0.4 is 10.5 Å². The first kappa shape index (κ1) is 20.7. The maximum Gasteiger partial charge on any atom is 0.209 e. The minimum Gasteiger partial charge on any atom is -0.326 e. The Morgan fingerprint density at radius 2 is 1.48 bits per heavy atom. The van der Waals surface area contributed by atoms with Crippen LogP contribution in [0, 0.1) is 13.8 Å². The molecule has 0 heterocycles. The maximum absolute atomic E-state index is 10.9. The molecule has 0 aromatic heterocycles. The molecule has 0 saturated heterocycles. The summed E-state index contributed by atoms with van der Waals surface area (Å²) in [4.78, 5) is 0. The van der Waals surface area contributed by atoms with E-state index in [1.54, 1.807) is 0 Å². The molecule has 2 atom stereocenters. The summed E-state index contributed by atoms with van der Waals surface area (Å²) in [5.41, 5.74) is 8.42. The van der Waals surface area contributed by atoms with Gasteiger partial charge in [-0.3, -0.25) is 0 Å². The Hall–Kier alpha value is -0.287. The van der Waals surface area contributed by atoms with Crippen LogP contribution in [0.3, 0.4) is 0 Å². The van der Waals surface area contributed by atoms with Gasteiger partial charge in [0.1, 0.15) is 0 Å². The Kier molecular flexibility index (Phi) is 9.54. The molecular weight excluding hydrogens is 373 g/mol. The summed E-state index contributed by atoms with van der Waals surface area (Å²) in [6.45, 7) is 4.19. The molecule has 0 aliphatic heterocycles. The first-order chi connectivity index (χ1) is 9.28. The van der Waals surface area contributed by atoms with Crippen LogP contribution >= 0.6 is 0 Å². The first-order valence-electron chi connectivity index (χ1n) is 7.04. The third kappa shape index (κ3) is 9.36. The Balaban J connectivity index is 0.000000390. The van der Waals surface area contributed by atoms with Crippen LogP contribution in [0.25, 0.3) is 0 Å². The van der Waals surface area contributed by atoms with Gasteiger partial charge in [-0.05, 0) is 26.7 Å². The van der Waals surface area contributed by atoms with E-state index in [-0.39, 0.29) is 31.6 Å². The van der Waals surface area contributed by atoms with Gasteiger partial charge in [-0.15, -0.1) is 0 Å². The van der Waals surface area contributed by atoms with Crippen molar-refractivity contribution in [2.45, 2.75) is 51.6 Å². The van der Waals surface area contributed by atoms with Gasteiger partial charge in [-0.2, -0.15) is 0 Å². The monoisotopic (exact) mass is 400 g/mol. The van der Waals surface area contributed by atoms with Gasteiger partial charge in [0.05, 0.1) is 6.26 Å². The molecule has 1 fully saturated rings. The van der Waals surface area contributed by atoms with Gasteiger partial charge in [-0.25, -0.2) is 13.1 Å². The van der Waals surface area contributed by atoms with Gasteiger partial charge in [0, 0.05) is 31.6 Å². The molecule has 122 valence electrons. The molecule has 6 heteroatoms. The van der Waals surface area contributed by atoms with E-state index in [0.717, 1.165) is 25.7 Å². The SMILES string of the molecule is CS(=O)(=O)N[C@@H]1CCCC[C@H]1N.Cc1ccc(C)cc1.[Ru]. The summed E-state index contributed by atoms with van der Waals surface area (Å²) in [5, 5.41) is 0. The van der Waals surface area contributed by atoms with Gasteiger partial charge in [0.15, 0.2) is 0 Å². The van der Waals surface area contributed by atoms with Crippen molar-refractivity contribution in [2.75, 3.05) is 6.26 Å². The number of benzene rings is 1. The van der Waals surface area contributed by atoms with Crippen LogP contribution in [0.15, 0.2) is 24.3 Å². The molecule has 3 N–H and O–H groups in total. The molecule has 21 heavy (non-hydrogen) atoms. The zero-order valence-corrected chi connectivity index (χ0v) is 15.5. The normalized spacial score (nSPS) is 21.7. The smallest absolute Gasteiger partial charge is 0.209 e. The molecule has 0 amide bonds. The maximum atomic E-state index is 10.9. The van der Waals surface area contributed by atoms with Crippen molar-refractivity contribution in [1.29, 1.82) is 0 Å².